The number of carboxylic acids is 1. The fourth-order valence-electron chi connectivity index (χ4n) is 1.97. The lowest BCUT2D eigenvalue weighted by Gasteiger charge is -2.04. The highest BCUT2D eigenvalue weighted by atomic mass is 16.7. The molecule has 0 amide bonds. The van der Waals surface area contributed by atoms with E-state index in [4.69, 9.17) is 19.0 Å². The van der Waals surface area contributed by atoms with Gasteiger partial charge in [0.15, 0.2) is 11.5 Å². The first-order valence-corrected chi connectivity index (χ1v) is 6.13. The lowest BCUT2D eigenvalue weighted by Crippen LogP contribution is -2.12. The normalized spacial score (nSPS) is 12.6. The molecule has 6 heteroatoms. The molecule has 1 aliphatic heterocycles. The van der Waals surface area contributed by atoms with Crippen LogP contribution in [0.3, 0.4) is 0 Å². The highest BCUT2D eigenvalue weighted by Crippen LogP contribution is 2.32. The van der Waals surface area contributed by atoms with E-state index in [0.29, 0.717) is 18.8 Å². The Morgan fingerprint density at radius 3 is 2.80 bits per heavy atom. The first-order chi connectivity index (χ1) is 9.72. The third kappa shape index (κ3) is 2.60. The van der Waals surface area contributed by atoms with E-state index in [-0.39, 0.29) is 12.6 Å². The molecule has 2 N–H and O–H groups in total. The molecule has 0 spiro atoms. The Bertz CT molecular complexity index is 634. The number of hydrogen-bond donors (Lipinski definition) is 2. The van der Waals surface area contributed by atoms with Crippen molar-refractivity contribution in [3.63, 3.8) is 0 Å². The van der Waals surface area contributed by atoms with Crippen molar-refractivity contribution in [1.82, 2.24) is 5.32 Å². The quantitative estimate of drug-likeness (QED) is 0.868. The summed E-state index contributed by atoms with van der Waals surface area (Å²) in [6, 6.07) is 8.83. The van der Waals surface area contributed by atoms with Gasteiger partial charge in [0.2, 0.25) is 12.6 Å². The zero-order valence-corrected chi connectivity index (χ0v) is 10.6. The van der Waals surface area contributed by atoms with Gasteiger partial charge in [0.05, 0.1) is 6.54 Å². The van der Waals surface area contributed by atoms with Crippen LogP contribution in [0.2, 0.25) is 0 Å². The second kappa shape index (κ2) is 5.26. The number of ether oxygens (including phenoxy) is 2. The number of benzene rings is 1. The molecule has 0 saturated heterocycles. The van der Waals surface area contributed by atoms with Crippen molar-refractivity contribution in [3.05, 3.63) is 47.4 Å². The van der Waals surface area contributed by atoms with Gasteiger partial charge in [-0.05, 0) is 29.8 Å². The van der Waals surface area contributed by atoms with E-state index in [0.717, 1.165) is 17.1 Å². The van der Waals surface area contributed by atoms with Crippen molar-refractivity contribution < 1.29 is 23.8 Å². The molecule has 0 saturated carbocycles. The van der Waals surface area contributed by atoms with Crippen LogP contribution in [-0.2, 0) is 13.1 Å². The number of fused-ring (bicyclic) bond motifs is 1. The largest absolute Gasteiger partial charge is 0.475 e. The molecule has 0 bridgehead atoms. The number of carboxylic acid groups (broad SMARTS) is 1. The van der Waals surface area contributed by atoms with Crippen molar-refractivity contribution in [2.75, 3.05) is 6.79 Å². The molecule has 0 atom stereocenters. The highest BCUT2D eigenvalue weighted by Gasteiger charge is 2.13. The minimum absolute atomic E-state index is 0.0510. The molecule has 0 aliphatic carbocycles. The van der Waals surface area contributed by atoms with Gasteiger partial charge < -0.3 is 24.3 Å². The number of carbonyl (C=O) groups is 1. The fourth-order valence-corrected chi connectivity index (χ4v) is 1.97. The molecule has 0 radical (unpaired) electrons. The summed E-state index contributed by atoms with van der Waals surface area (Å²) in [4.78, 5) is 10.7. The maximum Gasteiger partial charge on any atom is 0.371 e. The van der Waals surface area contributed by atoms with Gasteiger partial charge in [-0.25, -0.2) is 4.79 Å². The van der Waals surface area contributed by atoms with Gasteiger partial charge in [-0.2, -0.15) is 0 Å². The molecular formula is C14H13NO5. The lowest BCUT2D eigenvalue weighted by atomic mass is 10.2. The van der Waals surface area contributed by atoms with Crippen molar-refractivity contribution in [1.29, 1.82) is 0 Å². The molecule has 1 aliphatic rings. The van der Waals surface area contributed by atoms with E-state index >= 15 is 0 Å². The zero-order valence-electron chi connectivity index (χ0n) is 10.6. The van der Waals surface area contributed by atoms with E-state index in [1.54, 1.807) is 6.07 Å². The van der Waals surface area contributed by atoms with Crippen LogP contribution in [0.1, 0.15) is 21.9 Å². The number of aromatic carboxylic acids is 1. The standard InChI is InChI=1S/C14H13NO5/c16-14(17)12-4-2-10(20-12)7-15-6-9-1-3-11-13(5-9)19-8-18-11/h1-5,15H,6-8H2,(H,16,17). The van der Waals surface area contributed by atoms with Crippen molar-refractivity contribution in [3.8, 4) is 11.5 Å². The van der Waals surface area contributed by atoms with E-state index < -0.39 is 5.97 Å². The predicted molar refractivity (Wildman–Crippen MR) is 68.8 cm³/mol. The number of hydrogen-bond acceptors (Lipinski definition) is 5. The Labute approximate surface area is 114 Å². The predicted octanol–water partition coefficient (Wildman–Crippen LogP) is 2.00. The summed E-state index contributed by atoms with van der Waals surface area (Å²) in [7, 11) is 0. The molecule has 0 unspecified atom stereocenters. The van der Waals surface area contributed by atoms with Crippen LogP contribution in [0.5, 0.6) is 11.5 Å². The molecule has 1 aromatic heterocycles. The highest BCUT2D eigenvalue weighted by molar-refractivity contribution is 5.84. The summed E-state index contributed by atoms with van der Waals surface area (Å²) in [6.07, 6.45) is 0. The van der Waals surface area contributed by atoms with Crippen LogP contribution >= 0.6 is 0 Å². The smallest absolute Gasteiger partial charge is 0.371 e. The van der Waals surface area contributed by atoms with Gasteiger partial charge in [0.1, 0.15) is 5.76 Å². The van der Waals surface area contributed by atoms with Crippen molar-refractivity contribution in [2.45, 2.75) is 13.1 Å². The van der Waals surface area contributed by atoms with Gasteiger partial charge in [0.25, 0.3) is 0 Å². The molecule has 2 aromatic rings. The Morgan fingerprint density at radius 1 is 1.15 bits per heavy atom. The molecule has 6 nitrogen and oxygen atoms in total. The molecule has 1 aromatic carbocycles. The van der Waals surface area contributed by atoms with E-state index in [9.17, 15) is 4.79 Å². The number of nitrogens with one attached hydrogen (secondary N) is 1. The Kier molecular flexibility index (Phi) is 3.30. The third-order valence-corrected chi connectivity index (χ3v) is 2.94. The summed E-state index contributed by atoms with van der Waals surface area (Å²) in [6.45, 7) is 1.35. The van der Waals surface area contributed by atoms with E-state index in [1.165, 1.54) is 6.07 Å². The maximum atomic E-state index is 10.7. The molecular weight excluding hydrogens is 262 g/mol. The van der Waals surface area contributed by atoms with Gasteiger partial charge in [0, 0.05) is 6.54 Å². The maximum absolute atomic E-state index is 10.7. The first kappa shape index (κ1) is 12.6. The second-order valence-corrected chi connectivity index (χ2v) is 4.36. The minimum atomic E-state index is -1.06. The molecule has 0 fully saturated rings. The van der Waals surface area contributed by atoms with Crippen molar-refractivity contribution >= 4 is 5.97 Å². The van der Waals surface area contributed by atoms with Gasteiger partial charge in [-0.15, -0.1) is 0 Å². The third-order valence-electron chi connectivity index (χ3n) is 2.94. The topological polar surface area (TPSA) is 80.9 Å². The molecule has 20 heavy (non-hydrogen) atoms. The van der Waals surface area contributed by atoms with Crippen LogP contribution in [0.25, 0.3) is 0 Å². The number of rotatable bonds is 5. The zero-order chi connectivity index (χ0) is 13.9. The van der Waals surface area contributed by atoms with Crippen LogP contribution in [0.4, 0.5) is 0 Å². The van der Waals surface area contributed by atoms with Gasteiger partial charge in [-0.1, -0.05) is 6.07 Å². The molecule has 2 heterocycles. The molecule has 104 valence electrons. The SMILES string of the molecule is O=C(O)c1ccc(CNCc2ccc3c(c2)OCO3)o1. The van der Waals surface area contributed by atoms with E-state index in [1.807, 2.05) is 18.2 Å². The van der Waals surface area contributed by atoms with Crippen LogP contribution in [0, 0.1) is 0 Å². The fraction of sp³-hybridized carbons (Fsp3) is 0.214. The van der Waals surface area contributed by atoms with Gasteiger partial charge >= 0.3 is 5.97 Å². The average Bonchev–Trinajstić information content (AvgIpc) is 3.06. The Balaban J connectivity index is 1.55. The first-order valence-electron chi connectivity index (χ1n) is 6.13. The van der Waals surface area contributed by atoms with Crippen LogP contribution < -0.4 is 14.8 Å². The lowest BCUT2D eigenvalue weighted by molar-refractivity contribution is 0.0660. The number of furan rings is 1. The van der Waals surface area contributed by atoms with Crippen LogP contribution in [0.15, 0.2) is 34.7 Å². The molecule has 3 rings (SSSR count). The summed E-state index contributed by atoms with van der Waals surface area (Å²) in [5.41, 5.74) is 1.05. The second-order valence-electron chi connectivity index (χ2n) is 4.36. The van der Waals surface area contributed by atoms with Gasteiger partial charge in [-0.3, -0.25) is 0 Å². The summed E-state index contributed by atoms with van der Waals surface area (Å²) >= 11 is 0. The van der Waals surface area contributed by atoms with Crippen LogP contribution in [-0.4, -0.2) is 17.9 Å². The van der Waals surface area contributed by atoms with E-state index in [2.05, 4.69) is 5.32 Å². The summed E-state index contributed by atoms with van der Waals surface area (Å²) < 4.78 is 15.7. The Morgan fingerprint density at radius 2 is 2.00 bits per heavy atom. The summed E-state index contributed by atoms with van der Waals surface area (Å²) in [5, 5.41) is 11.9. The summed E-state index contributed by atoms with van der Waals surface area (Å²) in [5.74, 6) is 0.974. The average molecular weight is 275 g/mol. The minimum Gasteiger partial charge on any atom is -0.475 e. The van der Waals surface area contributed by atoms with Crippen molar-refractivity contribution in [2.24, 2.45) is 0 Å². The monoisotopic (exact) mass is 275 g/mol. The Hall–Kier alpha value is -2.47.